The SMILES string of the molecule is CCC1(CC)CC(NS(=O)(=O)CCCO)CCO1. The Kier molecular flexibility index (Phi) is 6.04. The zero-order valence-electron chi connectivity index (χ0n) is 11.3. The van der Waals surface area contributed by atoms with Gasteiger partial charge in [0.25, 0.3) is 0 Å². The molecule has 108 valence electrons. The van der Waals surface area contributed by atoms with Gasteiger partial charge in [0.05, 0.1) is 11.4 Å². The maximum atomic E-state index is 11.8. The fraction of sp³-hybridized carbons (Fsp3) is 1.00. The smallest absolute Gasteiger partial charge is 0.211 e. The van der Waals surface area contributed by atoms with Crippen molar-refractivity contribution in [2.24, 2.45) is 0 Å². The highest BCUT2D eigenvalue weighted by Crippen LogP contribution is 2.31. The molecule has 0 bridgehead atoms. The quantitative estimate of drug-likeness (QED) is 0.730. The van der Waals surface area contributed by atoms with Gasteiger partial charge in [0.2, 0.25) is 10.0 Å². The summed E-state index contributed by atoms with van der Waals surface area (Å²) in [5.41, 5.74) is -0.178. The van der Waals surface area contributed by atoms with Gasteiger partial charge >= 0.3 is 0 Å². The van der Waals surface area contributed by atoms with Gasteiger partial charge in [-0.2, -0.15) is 0 Å². The van der Waals surface area contributed by atoms with E-state index in [4.69, 9.17) is 9.84 Å². The van der Waals surface area contributed by atoms with Crippen molar-refractivity contribution < 1.29 is 18.3 Å². The van der Waals surface area contributed by atoms with Gasteiger partial charge in [0.15, 0.2) is 0 Å². The molecule has 18 heavy (non-hydrogen) atoms. The van der Waals surface area contributed by atoms with Crippen LogP contribution in [-0.2, 0) is 14.8 Å². The van der Waals surface area contributed by atoms with E-state index in [1.807, 2.05) is 0 Å². The van der Waals surface area contributed by atoms with E-state index < -0.39 is 10.0 Å². The van der Waals surface area contributed by atoms with Crippen LogP contribution in [0.4, 0.5) is 0 Å². The Hall–Kier alpha value is -0.170. The molecule has 0 aromatic carbocycles. The number of nitrogens with one attached hydrogen (secondary N) is 1. The summed E-state index contributed by atoms with van der Waals surface area (Å²) in [7, 11) is -3.28. The summed E-state index contributed by atoms with van der Waals surface area (Å²) in [5, 5.41) is 8.68. The third kappa shape index (κ3) is 4.50. The van der Waals surface area contributed by atoms with E-state index in [0.29, 0.717) is 6.61 Å². The van der Waals surface area contributed by atoms with Crippen LogP contribution in [0.25, 0.3) is 0 Å². The van der Waals surface area contributed by atoms with Crippen molar-refractivity contribution >= 4 is 10.0 Å². The summed E-state index contributed by atoms with van der Waals surface area (Å²) in [6.45, 7) is 4.66. The van der Waals surface area contributed by atoms with Crippen molar-refractivity contribution in [2.45, 2.75) is 57.6 Å². The van der Waals surface area contributed by atoms with Gasteiger partial charge in [-0.25, -0.2) is 13.1 Å². The Morgan fingerprint density at radius 3 is 2.61 bits per heavy atom. The Morgan fingerprint density at radius 2 is 2.06 bits per heavy atom. The molecule has 0 aromatic rings. The van der Waals surface area contributed by atoms with E-state index in [-0.39, 0.29) is 30.4 Å². The Labute approximate surface area is 110 Å². The normalized spacial score (nSPS) is 24.1. The molecule has 1 aliphatic heterocycles. The number of sulfonamides is 1. The molecule has 5 nitrogen and oxygen atoms in total. The van der Waals surface area contributed by atoms with Crippen LogP contribution < -0.4 is 4.72 Å². The highest BCUT2D eigenvalue weighted by Gasteiger charge is 2.35. The largest absolute Gasteiger partial charge is 0.396 e. The molecule has 0 saturated carbocycles. The second-order valence-corrected chi connectivity index (χ2v) is 6.82. The van der Waals surface area contributed by atoms with Crippen molar-refractivity contribution in [1.82, 2.24) is 4.72 Å². The van der Waals surface area contributed by atoms with Crippen molar-refractivity contribution in [3.63, 3.8) is 0 Å². The highest BCUT2D eigenvalue weighted by atomic mass is 32.2. The Morgan fingerprint density at radius 1 is 1.39 bits per heavy atom. The fourth-order valence-corrected chi connectivity index (χ4v) is 3.77. The summed E-state index contributed by atoms with van der Waals surface area (Å²) in [6, 6.07) is -0.0395. The van der Waals surface area contributed by atoms with Crippen LogP contribution in [0, 0.1) is 0 Å². The lowest BCUT2D eigenvalue weighted by Crippen LogP contribution is -2.48. The minimum absolute atomic E-state index is 0.00783. The predicted octanol–water partition coefficient (Wildman–Crippen LogP) is 1.03. The summed E-state index contributed by atoms with van der Waals surface area (Å²) in [6.07, 6.45) is 3.54. The van der Waals surface area contributed by atoms with Gasteiger partial charge in [0.1, 0.15) is 0 Å². The molecule has 1 unspecified atom stereocenters. The predicted molar refractivity (Wildman–Crippen MR) is 70.9 cm³/mol. The van der Waals surface area contributed by atoms with Crippen LogP contribution in [0.1, 0.15) is 46.0 Å². The highest BCUT2D eigenvalue weighted by molar-refractivity contribution is 7.89. The van der Waals surface area contributed by atoms with Crippen molar-refractivity contribution in [3.8, 4) is 0 Å². The summed E-state index contributed by atoms with van der Waals surface area (Å²) >= 11 is 0. The molecule has 1 fully saturated rings. The topological polar surface area (TPSA) is 75.6 Å². The maximum absolute atomic E-state index is 11.8. The molecule has 0 aliphatic carbocycles. The van der Waals surface area contributed by atoms with Gasteiger partial charge in [-0.3, -0.25) is 0 Å². The first-order valence-corrected chi connectivity index (χ1v) is 8.37. The number of aliphatic hydroxyl groups excluding tert-OH is 1. The van der Waals surface area contributed by atoms with Crippen LogP contribution in [0.15, 0.2) is 0 Å². The molecule has 0 spiro atoms. The Balaban J connectivity index is 2.57. The van der Waals surface area contributed by atoms with Crippen molar-refractivity contribution in [1.29, 1.82) is 0 Å². The minimum atomic E-state index is -3.28. The summed E-state index contributed by atoms with van der Waals surface area (Å²) in [5.74, 6) is -0.00783. The molecular formula is C12H25NO4S. The molecular weight excluding hydrogens is 254 g/mol. The third-order valence-corrected chi connectivity index (χ3v) is 5.22. The van der Waals surface area contributed by atoms with Crippen LogP contribution >= 0.6 is 0 Å². The molecule has 6 heteroatoms. The number of hydrogen-bond donors (Lipinski definition) is 2. The summed E-state index contributed by atoms with van der Waals surface area (Å²) < 4.78 is 32.1. The molecule has 1 atom stereocenters. The fourth-order valence-electron chi connectivity index (χ4n) is 2.44. The zero-order valence-corrected chi connectivity index (χ0v) is 12.1. The molecule has 2 N–H and O–H groups in total. The second-order valence-electron chi connectivity index (χ2n) is 4.94. The van der Waals surface area contributed by atoms with Gasteiger partial charge < -0.3 is 9.84 Å². The van der Waals surface area contributed by atoms with Crippen molar-refractivity contribution in [3.05, 3.63) is 0 Å². The number of hydrogen-bond acceptors (Lipinski definition) is 4. The number of ether oxygens (including phenoxy) is 1. The molecule has 1 rings (SSSR count). The zero-order chi connectivity index (χ0) is 13.6. The van der Waals surface area contributed by atoms with E-state index in [1.54, 1.807) is 0 Å². The first-order valence-electron chi connectivity index (χ1n) is 6.72. The lowest BCUT2D eigenvalue weighted by molar-refractivity contribution is -0.0905. The molecule has 1 heterocycles. The first kappa shape index (κ1) is 15.9. The van der Waals surface area contributed by atoms with Crippen LogP contribution in [0.2, 0.25) is 0 Å². The van der Waals surface area contributed by atoms with E-state index in [2.05, 4.69) is 18.6 Å². The number of rotatable bonds is 7. The average Bonchev–Trinajstić information content (AvgIpc) is 2.36. The van der Waals surface area contributed by atoms with Gasteiger partial charge in [-0.05, 0) is 32.1 Å². The maximum Gasteiger partial charge on any atom is 0.211 e. The van der Waals surface area contributed by atoms with Gasteiger partial charge in [-0.15, -0.1) is 0 Å². The van der Waals surface area contributed by atoms with E-state index >= 15 is 0 Å². The molecule has 0 amide bonds. The lowest BCUT2D eigenvalue weighted by Gasteiger charge is -2.40. The second kappa shape index (κ2) is 6.84. The van der Waals surface area contributed by atoms with Gasteiger partial charge in [-0.1, -0.05) is 13.8 Å². The monoisotopic (exact) mass is 279 g/mol. The standard InChI is InChI=1S/C12H25NO4S/c1-3-12(4-2)10-11(6-8-17-12)13-18(15,16)9-5-7-14/h11,13-14H,3-10H2,1-2H3. The average molecular weight is 279 g/mol. The Bertz CT molecular complexity index is 338. The lowest BCUT2D eigenvalue weighted by atomic mass is 9.86. The molecule has 1 aliphatic rings. The van der Waals surface area contributed by atoms with E-state index in [9.17, 15) is 8.42 Å². The van der Waals surface area contributed by atoms with Gasteiger partial charge in [0, 0.05) is 19.3 Å². The van der Waals surface area contributed by atoms with E-state index in [1.165, 1.54) is 0 Å². The summed E-state index contributed by atoms with van der Waals surface area (Å²) in [4.78, 5) is 0. The van der Waals surface area contributed by atoms with Crippen LogP contribution in [0.3, 0.4) is 0 Å². The van der Waals surface area contributed by atoms with Crippen molar-refractivity contribution in [2.75, 3.05) is 19.0 Å². The first-order chi connectivity index (χ1) is 8.47. The third-order valence-electron chi connectivity index (χ3n) is 3.70. The van der Waals surface area contributed by atoms with E-state index in [0.717, 1.165) is 25.7 Å². The minimum Gasteiger partial charge on any atom is -0.396 e. The van der Waals surface area contributed by atoms with Crippen LogP contribution in [0.5, 0.6) is 0 Å². The molecule has 0 aromatic heterocycles. The number of aliphatic hydroxyl groups is 1. The molecule has 1 saturated heterocycles. The van der Waals surface area contributed by atoms with Crippen LogP contribution in [-0.4, -0.2) is 44.1 Å². The molecule has 0 radical (unpaired) electrons.